The summed E-state index contributed by atoms with van der Waals surface area (Å²) in [5.74, 6) is -0.287. The van der Waals surface area contributed by atoms with E-state index in [1.165, 1.54) is 0 Å². The fraction of sp³-hybridized carbons (Fsp3) is 0.176. The number of hydrogen-bond acceptors (Lipinski definition) is 2. The Kier molecular flexibility index (Phi) is 5.99. The molecule has 1 amide bonds. The second-order valence-corrected chi connectivity index (χ2v) is 5.64. The van der Waals surface area contributed by atoms with E-state index in [0.29, 0.717) is 15.6 Å². The van der Waals surface area contributed by atoms with E-state index in [4.69, 9.17) is 23.2 Å². The van der Waals surface area contributed by atoms with Crippen LogP contribution in [0.4, 0.5) is 0 Å². The Morgan fingerprint density at radius 1 is 1.05 bits per heavy atom. The van der Waals surface area contributed by atoms with Crippen molar-refractivity contribution < 1.29 is 4.79 Å². The van der Waals surface area contributed by atoms with Crippen LogP contribution in [0.5, 0.6) is 0 Å². The summed E-state index contributed by atoms with van der Waals surface area (Å²) in [4.78, 5) is 12.1. The topological polar surface area (TPSA) is 41.5 Å². The maximum absolute atomic E-state index is 12.1. The molecule has 1 N–H and O–H groups in total. The average molecular weight is 335 g/mol. The van der Waals surface area contributed by atoms with Crippen LogP contribution in [0, 0.1) is 0 Å². The molecule has 0 saturated heterocycles. The minimum atomic E-state index is -0.287. The standard InChI is InChI=1S/C17H16Cl2N2O/c1-2-4-16(12-7-9-14(18)10-8-12)20-21-17(22)13-5-3-6-15(19)11-13/h3,5-11H,2,4H2,1H3,(H,21,22)/b20-16-. The van der Waals surface area contributed by atoms with Crippen LogP contribution in [-0.4, -0.2) is 11.6 Å². The van der Waals surface area contributed by atoms with E-state index in [-0.39, 0.29) is 5.91 Å². The highest BCUT2D eigenvalue weighted by atomic mass is 35.5. The van der Waals surface area contributed by atoms with Gasteiger partial charge in [0.05, 0.1) is 5.71 Å². The van der Waals surface area contributed by atoms with Gasteiger partial charge < -0.3 is 0 Å². The smallest absolute Gasteiger partial charge is 0.267 e. The molecular weight excluding hydrogens is 319 g/mol. The molecule has 3 nitrogen and oxygen atoms in total. The maximum atomic E-state index is 12.1. The van der Waals surface area contributed by atoms with Gasteiger partial charge in [0.2, 0.25) is 0 Å². The lowest BCUT2D eigenvalue weighted by molar-refractivity contribution is 0.0955. The van der Waals surface area contributed by atoms with Crippen molar-refractivity contribution in [3.63, 3.8) is 0 Å². The van der Waals surface area contributed by atoms with Gasteiger partial charge in [-0.3, -0.25) is 4.79 Å². The van der Waals surface area contributed by atoms with Crippen LogP contribution in [0.15, 0.2) is 53.6 Å². The van der Waals surface area contributed by atoms with Crippen LogP contribution < -0.4 is 5.43 Å². The molecule has 0 aliphatic rings. The van der Waals surface area contributed by atoms with Crippen molar-refractivity contribution in [1.29, 1.82) is 0 Å². The Labute approximate surface area is 139 Å². The van der Waals surface area contributed by atoms with Gasteiger partial charge in [0.15, 0.2) is 0 Å². The predicted molar refractivity (Wildman–Crippen MR) is 91.8 cm³/mol. The second-order valence-electron chi connectivity index (χ2n) is 4.77. The van der Waals surface area contributed by atoms with Crippen LogP contribution in [-0.2, 0) is 0 Å². The SMILES string of the molecule is CCC/C(=N/NC(=O)c1cccc(Cl)c1)c1ccc(Cl)cc1. The summed E-state index contributed by atoms with van der Waals surface area (Å²) in [5, 5.41) is 5.44. The lowest BCUT2D eigenvalue weighted by Gasteiger charge is -2.07. The van der Waals surface area contributed by atoms with E-state index in [1.54, 1.807) is 36.4 Å². The van der Waals surface area contributed by atoms with E-state index in [9.17, 15) is 4.79 Å². The first-order valence-corrected chi connectivity index (χ1v) is 7.74. The van der Waals surface area contributed by atoms with E-state index in [2.05, 4.69) is 17.5 Å². The molecule has 0 unspecified atom stereocenters. The van der Waals surface area contributed by atoms with Crippen molar-refractivity contribution in [3.8, 4) is 0 Å². The fourth-order valence-electron chi connectivity index (χ4n) is 1.96. The molecule has 0 aliphatic carbocycles. The van der Waals surface area contributed by atoms with Gasteiger partial charge in [-0.05, 0) is 42.3 Å². The Hall–Kier alpha value is -1.84. The lowest BCUT2D eigenvalue weighted by Crippen LogP contribution is -2.20. The van der Waals surface area contributed by atoms with Crippen molar-refractivity contribution in [1.82, 2.24) is 5.43 Å². The van der Waals surface area contributed by atoms with Crippen LogP contribution in [0.1, 0.15) is 35.7 Å². The second kappa shape index (κ2) is 7.97. The van der Waals surface area contributed by atoms with Crippen LogP contribution >= 0.6 is 23.2 Å². The van der Waals surface area contributed by atoms with E-state index in [1.807, 2.05) is 12.1 Å². The number of halogens is 2. The number of rotatable bonds is 5. The molecule has 22 heavy (non-hydrogen) atoms. The first kappa shape index (κ1) is 16.5. The molecule has 0 saturated carbocycles. The zero-order valence-electron chi connectivity index (χ0n) is 12.1. The summed E-state index contributed by atoms with van der Waals surface area (Å²) in [7, 11) is 0. The van der Waals surface area contributed by atoms with Crippen LogP contribution in [0.3, 0.4) is 0 Å². The number of nitrogens with one attached hydrogen (secondary N) is 1. The van der Waals surface area contributed by atoms with Gasteiger partial charge in [-0.2, -0.15) is 5.10 Å². The fourth-order valence-corrected chi connectivity index (χ4v) is 2.27. The highest BCUT2D eigenvalue weighted by Gasteiger charge is 2.07. The highest BCUT2D eigenvalue weighted by molar-refractivity contribution is 6.31. The van der Waals surface area contributed by atoms with E-state index >= 15 is 0 Å². The number of amides is 1. The van der Waals surface area contributed by atoms with Crippen molar-refractivity contribution in [3.05, 3.63) is 69.7 Å². The monoisotopic (exact) mass is 334 g/mol. The van der Waals surface area contributed by atoms with Gasteiger partial charge in [-0.1, -0.05) is 54.7 Å². The molecule has 5 heteroatoms. The van der Waals surface area contributed by atoms with Crippen molar-refractivity contribution in [2.24, 2.45) is 5.10 Å². The number of nitrogens with zero attached hydrogens (tertiary/aromatic N) is 1. The van der Waals surface area contributed by atoms with Gasteiger partial charge in [0, 0.05) is 15.6 Å². The third-order valence-corrected chi connectivity index (χ3v) is 3.53. The molecule has 114 valence electrons. The molecular formula is C17H16Cl2N2O. The quantitative estimate of drug-likeness (QED) is 0.611. The summed E-state index contributed by atoms with van der Waals surface area (Å²) >= 11 is 11.8. The number of hydrogen-bond donors (Lipinski definition) is 1. The maximum Gasteiger partial charge on any atom is 0.271 e. The summed E-state index contributed by atoms with van der Waals surface area (Å²) in [5.41, 5.74) is 4.81. The third kappa shape index (κ3) is 4.58. The summed E-state index contributed by atoms with van der Waals surface area (Å²) in [6.07, 6.45) is 1.69. The van der Waals surface area contributed by atoms with Crippen LogP contribution in [0.25, 0.3) is 0 Å². The molecule has 0 aromatic heterocycles. The minimum absolute atomic E-state index is 0.287. The van der Waals surface area contributed by atoms with Gasteiger partial charge >= 0.3 is 0 Å². The van der Waals surface area contributed by atoms with E-state index < -0.39 is 0 Å². The first-order valence-electron chi connectivity index (χ1n) is 6.98. The number of benzene rings is 2. The Bertz CT molecular complexity index is 681. The van der Waals surface area contributed by atoms with Gasteiger partial charge in [-0.25, -0.2) is 5.43 Å². The minimum Gasteiger partial charge on any atom is -0.267 e. The zero-order valence-corrected chi connectivity index (χ0v) is 13.7. The summed E-state index contributed by atoms with van der Waals surface area (Å²) in [6, 6.07) is 14.1. The third-order valence-electron chi connectivity index (χ3n) is 3.04. The average Bonchev–Trinajstić information content (AvgIpc) is 2.52. The van der Waals surface area contributed by atoms with Gasteiger partial charge in [0.1, 0.15) is 0 Å². The van der Waals surface area contributed by atoms with Crippen molar-refractivity contribution >= 4 is 34.8 Å². The molecule has 0 bridgehead atoms. The number of carbonyl (C=O) groups is 1. The molecule has 2 rings (SSSR count). The largest absolute Gasteiger partial charge is 0.271 e. The van der Waals surface area contributed by atoms with Crippen LogP contribution in [0.2, 0.25) is 10.0 Å². The van der Waals surface area contributed by atoms with Gasteiger partial charge in [-0.15, -0.1) is 0 Å². The molecule has 2 aromatic carbocycles. The van der Waals surface area contributed by atoms with Crippen molar-refractivity contribution in [2.75, 3.05) is 0 Å². The number of carbonyl (C=O) groups excluding carboxylic acids is 1. The highest BCUT2D eigenvalue weighted by Crippen LogP contribution is 2.13. The predicted octanol–water partition coefficient (Wildman–Crippen LogP) is 4.93. The Balaban J connectivity index is 2.16. The summed E-state index contributed by atoms with van der Waals surface area (Å²) < 4.78 is 0. The Morgan fingerprint density at radius 2 is 1.77 bits per heavy atom. The van der Waals surface area contributed by atoms with E-state index in [0.717, 1.165) is 24.1 Å². The number of hydrazone groups is 1. The zero-order chi connectivity index (χ0) is 15.9. The lowest BCUT2D eigenvalue weighted by atomic mass is 10.1. The molecule has 0 spiro atoms. The summed E-state index contributed by atoms with van der Waals surface area (Å²) in [6.45, 7) is 2.06. The first-order chi connectivity index (χ1) is 10.6. The van der Waals surface area contributed by atoms with Crippen molar-refractivity contribution in [2.45, 2.75) is 19.8 Å². The van der Waals surface area contributed by atoms with Gasteiger partial charge in [0.25, 0.3) is 5.91 Å². The molecule has 0 radical (unpaired) electrons. The normalized spacial score (nSPS) is 11.3. The molecule has 2 aromatic rings. The molecule has 0 heterocycles. The molecule has 0 aliphatic heterocycles. The molecule has 0 fully saturated rings. The molecule has 0 atom stereocenters. The Morgan fingerprint density at radius 3 is 2.41 bits per heavy atom.